The fourth-order valence-corrected chi connectivity index (χ4v) is 1.57. The van der Waals surface area contributed by atoms with Gasteiger partial charge in [-0.05, 0) is 19.1 Å². The van der Waals surface area contributed by atoms with Gasteiger partial charge >= 0.3 is 5.97 Å². The fraction of sp³-hybridized carbons (Fsp3) is 0.286. The van der Waals surface area contributed by atoms with Crippen molar-refractivity contribution in [2.45, 2.75) is 13.0 Å². The molecule has 0 aliphatic rings. The number of hydrogen-bond donors (Lipinski definition) is 1. The van der Waals surface area contributed by atoms with Crippen LogP contribution in [0, 0.1) is 4.91 Å². The minimum absolute atomic E-state index is 0.237. The first kappa shape index (κ1) is 8.86. The van der Waals surface area contributed by atoms with E-state index in [1.165, 1.54) is 6.07 Å². The molecule has 1 atom stereocenters. The number of rotatable bonds is 3. The van der Waals surface area contributed by atoms with Crippen molar-refractivity contribution in [1.82, 2.24) is 0 Å². The second kappa shape index (κ2) is 3.44. The number of aromatic carboxylic acids is 1. The van der Waals surface area contributed by atoms with E-state index in [4.69, 9.17) is 5.11 Å². The first-order chi connectivity index (χ1) is 5.65. The highest BCUT2D eigenvalue weighted by Gasteiger charge is 2.11. The number of nitroso groups, excluding NO2 is 1. The van der Waals surface area contributed by atoms with Gasteiger partial charge in [0.25, 0.3) is 0 Å². The Morgan fingerprint density at radius 1 is 1.67 bits per heavy atom. The zero-order valence-corrected chi connectivity index (χ0v) is 7.17. The Balaban J connectivity index is 2.91. The van der Waals surface area contributed by atoms with E-state index in [9.17, 15) is 9.70 Å². The molecule has 1 heterocycles. The van der Waals surface area contributed by atoms with Crippen LogP contribution in [0.3, 0.4) is 0 Å². The number of nitrogens with zero attached hydrogens (tertiary/aromatic N) is 1. The Bertz CT molecular complexity index is 307. The van der Waals surface area contributed by atoms with Gasteiger partial charge in [-0.2, -0.15) is 4.91 Å². The lowest BCUT2D eigenvalue weighted by molar-refractivity contribution is 0.0702. The average molecular weight is 185 g/mol. The second-order valence-corrected chi connectivity index (χ2v) is 3.40. The summed E-state index contributed by atoms with van der Waals surface area (Å²) in [6, 6.07) is 2.63. The molecule has 64 valence electrons. The quantitative estimate of drug-likeness (QED) is 0.734. The van der Waals surface area contributed by atoms with Gasteiger partial charge in [0.15, 0.2) is 0 Å². The van der Waals surface area contributed by atoms with Crippen molar-refractivity contribution < 1.29 is 9.90 Å². The summed E-state index contributed by atoms with van der Waals surface area (Å²) in [6.45, 7) is 1.63. The predicted molar refractivity (Wildman–Crippen MR) is 45.5 cm³/mol. The van der Waals surface area contributed by atoms with Crippen LogP contribution in [0.5, 0.6) is 0 Å². The van der Waals surface area contributed by atoms with Gasteiger partial charge in [0.1, 0.15) is 10.9 Å². The van der Waals surface area contributed by atoms with Crippen LogP contribution in [0.4, 0.5) is 0 Å². The van der Waals surface area contributed by atoms with Gasteiger partial charge in [-0.15, -0.1) is 11.3 Å². The summed E-state index contributed by atoms with van der Waals surface area (Å²) in [7, 11) is 0. The van der Waals surface area contributed by atoms with Crippen LogP contribution in [-0.4, -0.2) is 11.1 Å². The maximum absolute atomic E-state index is 10.4. The predicted octanol–water partition coefficient (Wildman–Crippen LogP) is 2.27. The molecular formula is C7H7NO3S. The highest BCUT2D eigenvalue weighted by molar-refractivity contribution is 7.14. The lowest BCUT2D eigenvalue weighted by Gasteiger charge is -1.94. The van der Waals surface area contributed by atoms with E-state index in [0.29, 0.717) is 4.88 Å². The van der Waals surface area contributed by atoms with Crippen LogP contribution in [0.1, 0.15) is 27.5 Å². The molecule has 0 amide bonds. The van der Waals surface area contributed by atoms with Crippen molar-refractivity contribution in [3.05, 3.63) is 26.8 Å². The summed E-state index contributed by atoms with van der Waals surface area (Å²) in [5, 5.41) is 11.4. The van der Waals surface area contributed by atoms with Crippen LogP contribution in [0.15, 0.2) is 17.3 Å². The van der Waals surface area contributed by atoms with E-state index in [2.05, 4.69) is 5.18 Å². The van der Waals surface area contributed by atoms with Crippen LogP contribution >= 0.6 is 11.3 Å². The van der Waals surface area contributed by atoms with Crippen molar-refractivity contribution in [3.63, 3.8) is 0 Å². The smallest absolute Gasteiger partial charge is 0.345 e. The molecule has 0 aromatic carbocycles. The summed E-state index contributed by atoms with van der Waals surface area (Å²) < 4.78 is 0. The number of carboxylic acid groups (broad SMARTS) is 1. The molecular weight excluding hydrogens is 178 g/mol. The van der Waals surface area contributed by atoms with E-state index >= 15 is 0 Å². The van der Waals surface area contributed by atoms with Crippen LogP contribution in [0.25, 0.3) is 0 Å². The van der Waals surface area contributed by atoms with Gasteiger partial charge in [0.05, 0.1) is 0 Å². The Kier molecular flexibility index (Phi) is 2.54. The van der Waals surface area contributed by atoms with Crippen molar-refractivity contribution in [3.8, 4) is 0 Å². The highest BCUT2D eigenvalue weighted by Crippen LogP contribution is 2.25. The standard InChI is InChI=1S/C7H7NO3S/c1-4(8-11)5-2-3-6(12-5)7(9)10/h2-4H,1H3,(H,9,10). The third-order valence-corrected chi connectivity index (χ3v) is 2.65. The molecule has 0 aliphatic heterocycles. The summed E-state index contributed by atoms with van der Waals surface area (Å²) in [6.07, 6.45) is 0. The van der Waals surface area contributed by atoms with E-state index in [-0.39, 0.29) is 4.88 Å². The Labute approximate surface area is 72.8 Å². The normalized spacial score (nSPS) is 12.4. The molecule has 0 radical (unpaired) electrons. The van der Waals surface area contributed by atoms with E-state index in [1.54, 1.807) is 13.0 Å². The van der Waals surface area contributed by atoms with Crippen molar-refractivity contribution in [2.24, 2.45) is 5.18 Å². The fourth-order valence-electron chi connectivity index (χ4n) is 0.744. The van der Waals surface area contributed by atoms with Gasteiger partial charge in [-0.1, -0.05) is 5.18 Å². The molecule has 0 aliphatic carbocycles. The lowest BCUT2D eigenvalue weighted by atomic mass is 10.3. The summed E-state index contributed by atoms with van der Waals surface area (Å²) >= 11 is 1.08. The maximum Gasteiger partial charge on any atom is 0.345 e. The van der Waals surface area contributed by atoms with Gasteiger partial charge in [0, 0.05) is 4.88 Å². The largest absolute Gasteiger partial charge is 0.477 e. The minimum Gasteiger partial charge on any atom is -0.477 e. The van der Waals surface area contributed by atoms with Gasteiger partial charge in [-0.25, -0.2) is 4.79 Å². The zero-order chi connectivity index (χ0) is 9.14. The van der Waals surface area contributed by atoms with Crippen molar-refractivity contribution in [1.29, 1.82) is 0 Å². The Morgan fingerprint density at radius 3 is 2.75 bits per heavy atom. The van der Waals surface area contributed by atoms with Crippen molar-refractivity contribution in [2.75, 3.05) is 0 Å². The minimum atomic E-state index is -0.968. The topological polar surface area (TPSA) is 66.7 Å². The Morgan fingerprint density at radius 2 is 2.33 bits per heavy atom. The Hall–Kier alpha value is -1.23. The molecule has 4 nitrogen and oxygen atoms in total. The molecule has 0 saturated carbocycles. The SMILES string of the molecule is CC(N=O)c1ccc(C(=O)O)s1. The van der Waals surface area contributed by atoms with Gasteiger partial charge in [-0.3, -0.25) is 0 Å². The lowest BCUT2D eigenvalue weighted by Crippen LogP contribution is -1.89. The molecule has 5 heteroatoms. The monoisotopic (exact) mass is 185 g/mol. The van der Waals surface area contributed by atoms with E-state index < -0.39 is 12.0 Å². The third kappa shape index (κ3) is 1.68. The first-order valence-electron chi connectivity index (χ1n) is 3.30. The molecule has 0 spiro atoms. The average Bonchev–Trinajstić information content (AvgIpc) is 2.51. The molecule has 1 aromatic heterocycles. The molecule has 1 unspecified atom stereocenters. The van der Waals surface area contributed by atoms with Gasteiger partial charge in [0.2, 0.25) is 0 Å². The summed E-state index contributed by atoms with van der Waals surface area (Å²) in [5.74, 6) is -0.968. The zero-order valence-electron chi connectivity index (χ0n) is 6.35. The van der Waals surface area contributed by atoms with Crippen LogP contribution in [0.2, 0.25) is 0 Å². The number of carbonyl (C=O) groups is 1. The third-order valence-electron chi connectivity index (χ3n) is 1.41. The molecule has 0 fully saturated rings. The number of carboxylic acids is 1. The highest BCUT2D eigenvalue weighted by atomic mass is 32.1. The van der Waals surface area contributed by atoms with Crippen LogP contribution < -0.4 is 0 Å². The number of hydrogen-bond acceptors (Lipinski definition) is 4. The molecule has 1 N–H and O–H groups in total. The van der Waals surface area contributed by atoms with E-state index in [0.717, 1.165) is 11.3 Å². The van der Waals surface area contributed by atoms with Crippen LogP contribution in [-0.2, 0) is 0 Å². The molecule has 1 rings (SSSR count). The van der Waals surface area contributed by atoms with Gasteiger partial charge < -0.3 is 5.11 Å². The second-order valence-electron chi connectivity index (χ2n) is 2.29. The molecule has 1 aromatic rings. The van der Waals surface area contributed by atoms with E-state index in [1.807, 2.05) is 0 Å². The summed E-state index contributed by atoms with van der Waals surface area (Å²) in [4.78, 5) is 21.4. The summed E-state index contributed by atoms with van der Waals surface area (Å²) in [5.41, 5.74) is 0. The molecule has 0 bridgehead atoms. The maximum atomic E-state index is 10.4. The first-order valence-corrected chi connectivity index (χ1v) is 4.12. The molecule has 0 saturated heterocycles. The number of thiophene rings is 1. The molecule has 12 heavy (non-hydrogen) atoms. The van der Waals surface area contributed by atoms with Crippen molar-refractivity contribution >= 4 is 17.3 Å².